The van der Waals surface area contributed by atoms with Gasteiger partial charge >= 0.3 is 0 Å². The molecule has 1 unspecified atom stereocenters. The van der Waals surface area contributed by atoms with Gasteiger partial charge in [0.05, 0.1) is 0 Å². The van der Waals surface area contributed by atoms with Crippen LogP contribution in [0.15, 0.2) is 54.6 Å². The molecule has 19 heavy (non-hydrogen) atoms. The largest absolute Gasteiger partial charge is 0.484 e. The van der Waals surface area contributed by atoms with Crippen LogP contribution in [0.4, 0.5) is 0 Å². The molecular formula is C17H21OP. The molecule has 0 bridgehead atoms. The minimum absolute atomic E-state index is 0.145. The van der Waals surface area contributed by atoms with Gasteiger partial charge in [0.15, 0.2) is 0 Å². The summed E-state index contributed by atoms with van der Waals surface area (Å²) in [5.74, 6) is 0.929. The van der Waals surface area contributed by atoms with E-state index in [1.54, 1.807) is 0 Å². The summed E-state index contributed by atoms with van der Waals surface area (Å²) in [4.78, 5) is 0. The van der Waals surface area contributed by atoms with Gasteiger partial charge in [-0.25, -0.2) is 0 Å². The van der Waals surface area contributed by atoms with Gasteiger partial charge < -0.3 is 4.74 Å². The molecule has 100 valence electrons. The molecule has 0 aliphatic rings. The Balaban J connectivity index is 2.15. The quantitative estimate of drug-likeness (QED) is 0.686. The monoisotopic (exact) mass is 272 g/mol. The lowest BCUT2D eigenvalue weighted by Crippen LogP contribution is -2.26. The molecule has 0 saturated heterocycles. The van der Waals surface area contributed by atoms with Gasteiger partial charge in [0, 0.05) is 0 Å². The Bertz CT molecular complexity index is 501. The van der Waals surface area contributed by atoms with E-state index in [4.69, 9.17) is 4.74 Å². The first-order valence-corrected chi connectivity index (χ1v) is 7.38. The lowest BCUT2D eigenvalue weighted by atomic mass is 10.1. The molecule has 0 heterocycles. The van der Waals surface area contributed by atoms with Crippen LogP contribution in [0.25, 0.3) is 11.1 Å². The molecule has 2 rings (SSSR count). The van der Waals surface area contributed by atoms with Gasteiger partial charge in [-0.1, -0.05) is 65.6 Å². The van der Waals surface area contributed by atoms with Gasteiger partial charge in [-0.2, -0.15) is 0 Å². The predicted octanol–water partition coefficient (Wildman–Crippen LogP) is 5.12. The number of hydrogen-bond acceptors (Lipinski definition) is 1. The zero-order chi connectivity index (χ0) is 13.7. The molecule has 1 atom stereocenters. The van der Waals surface area contributed by atoms with Crippen LogP contribution in [0.5, 0.6) is 5.75 Å². The lowest BCUT2D eigenvalue weighted by Gasteiger charge is -2.28. The molecule has 0 saturated carbocycles. The molecule has 2 heteroatoms. The fourth-order valence-electron chi connectivity index (χ4n) is 1.98. The minimum atomic E-state index is -0.145. The van der Waals surface area contributed by atoms with E-state index in [0.717, 1.165) is 18.6 Å². The Morgan fingerprint density at radius 3 is 1.89 bits per heavy atom. The Labute approximate surface area is 118 Å². The zero-order valence-electron chi connectivity index (χ0n) is 11.6. The van der Waals surface area contributed by atoms with Crippen molar-refractivity contribution in [3.8, 4) is 16.9 Å². The van der Waals surface area contributed by atoms with Crippen molar-refractivity contribution in [2.75, 3.05) is 0 Å². The molecule has 0 amide bonds. The van der Waals surface area contributed by atoms with Crippen LogP contribution in [-0.2, 0) is 0 Å². The molecular weight excluding hydrogens is 251 g/mol. The van der Waals surface area contributed by atoms with Crippen LogP contribution < -0.4 is 4.74 Å². The van der Waals surface area contributed by atoms with Crippen LogP contribution >= 0.6 is 9.24 Å². The summed E-state index contributed by atoms with van der Waals surface area (Å²) in [6.07, 6.45) is 1.96. The van der Waals surface area contributed by atoms with E-state index in [9.17, 15) is 0 Å². The highest BCUT2D eigenvalue weighted by atomic mass is 31.0. The van der Waals surface area contributed by atoms with Crippen LogP contribution in [0.3, 0.4) is 0 Å². The molecule has 2 aromatic carbocycles. The van der Waals surface area contributed by atoms with Crippen molar-refractivity contribution in [1.82, 2.24) is 0 Å². The second-order valence-electron chi connectivity index (χ2n) is 4.76. The smallest absolute Gasteiger partial charge is 0.121 e. The summed E-state index contributed by atoms with van der Waals surface area (Å²) in [6, 6.07) is 18.7. The van der Waals surface area contributed by atoms with Crippen molar-refractivity contribution < 1.29 is 4.74 Å². The Kier molecular flexibility index (Phi) is 4.61. The van der Waals surface area contributed by atoms with Crippen molar-refractivity contribution in [3.63, 3.8) is 0 Å². The summed E-state index contributed by atoms with van der Waals surface area (Å²) in [6.45, 7) is 4.30. The highest BCUT2D eigenvalue weighted by molar-refractivity contribution is 7.18. The van der Waals surface area contributed by atoms with Gasteiger partial charge in [-0.3, -0.25) is 0 Å². The van der Waals surface area contributed by atoms with E-state index in [2.05, 4.69) is 59.5 Å². The van der Waals surface area contributed by atoms with Crippen LogP contribution in [-0.4, -0.2) is 5.34 Å². The summed E-state index contributed by atoms with van der Waals surface area (Å²) in [5.41, 5.74) is 2.45. The maximum Gasteiger partial charge on any atom is 0.121 e. The molecule has 0 fully saturated rings. The van der Waals surface area contributed by atoms with Crippen LogP contribution in [0, 0.1) is 0 Å². The Morgan fingerprint density at radius 2 is 1.37 bits per heavy atom. The third-order valence-electron chi connectivity index (χ3n) is 3.48. The second kappa shape index (κ2) is 6.21. The van der Waals surface area contributed by atoms with Crippen molar-refractivity contribution in [1.29, 1.82) is 0 Å². The van der Waals surface area contributed by atoms with Gasteiger partial charge in [-0.05, 0) is 36.1 Å². The third-order valence-corrected chi connectivity index (χ3v) is 4.41. The minimum Gasteiger partial charge on any atom is -0.484 e. The first kappa shape index (κ1) is 14.1. The summed E-state index contributed by atoms with van der Waals surface area (Å²) in [5, 5.41) is -0.145. The third kappa shape index (κ3) is 3.58. The fourth-order valence-corrected chi connectivity index (χ4v) is 2.11. The van der Waals surface area contributed by atoms with E-state index >= 15 is 0 Å². The molecule has 0 aromatic heterocycles. The van der Waals surface area contributed by atoms with Crippen molar-refractivity contribution in [3.05, 3.63) is 54.6 Å². The Morgan fingerprint density at radius 1 is 0.842 bits per heavy atom. The molecule has 0 aliphatic heterocycles. The average Bonchev–Trinajstić information content (AvgIpc) is 2.49. The number of rotatable bonds is 5. The van der Waals surface area contributed by atoms with Gasteiger partial charge in [0.2, 0.25) is 0 Å². The van der Waals surface area contributed by atoms with Crippen molar-refractivity contribution in [2.45, 2.75) is 32.0 Å². The van der Waals surface area contributed by atoms with E-state index in [0.29, 0.717) is 0 Å². The number of ether oxygens (including phenoxy) is 1. The molecule has 0 spiro atoms. The normalized spacial score (nSPS) is 11.3. The van der Waals surface area contributed by atoms with E-state index in [1.807, 2.05) is 18.2 Å². The summed E-state index contributed by atoms with van der Waals surface area (Å²) in [7, 11) is 2.83. The maximum absolute atomic E-state index is 6.05. The van der Waals surface area contributed by atoms with E-state index in [-0.39, 0.29) is 5.34 Å². The number of benzene rings is 2. The molecule has 1 nitrogen and oxygen atoms in total. The van der Waals surface area contributed by atoms with Gasteiger partial charge in [0.25, 0.3) is 0 Å². The van der Waals surface area contributed by atoms with Crippen molar-refractivity contribution >= 4 is 9.24 Å². The first-order chi connectivity index (χ1) is 9.17. The highest BCUT2D eigenvalue weighted by Crippen LogP contribution is 2.31. The average molecular weight is 272 g/mol. The van der Waals surface area contributed by atoms with Crippen molar-refractivity contribution in [2.24, 2.45) is 0 Å². The maximum atomic E-state index is 6.05. The van der Waals surface area contributed by atoms with E-state index in [1.165, 1.54) is 11.1 Å². The SMILES string of the molecule is CCC(P)(CC)Oc1ccc(-c2ccccc2)cc1. The van der Waals surface area contributed by atoms with Crippen LogP contribution in [0.2, 0.25) is 0 Å². The predicted molar refractivity (Wildman–Crippen MR) is 85.5 cm³/mol. The van der Waals surface area contributed by atoms with Gasteiger partial charge in [0.1, 0.15) is 11.1 Å². The second-order valence-corrected chi connectivity index (χ2v) is 5.82. The first-order valence-electron chi connectivity index (χ1n) is 6.80. The molecule has 0 aliphatic carbocycles. The van der Waals surface area contributed by atoms with Gasteiger partial charge in [-0.15, -0.1) is 0 Å². The fraction of sp³-hybridized carbons (Fsp3) is 0.294. The Hall–Kier alpha value is -1.33. The summed E-state index contributed by atoms with van der Waals surface area (Å²) < 4.78 is 6.05. The number of hydrogen-bond donors (Lipinski definition) is 0. The standard InChI is InChI=1S/C17H21OP/c1-3-17(19,4-2)18-16-12-10-15(11-13-16)14-8-6-5-7-9-14/h5-13H,3-4,19H2,1-2H3. The lowest BCUT2D eigenvalue weighted by molar-refractivity contribution is 0.155. The highest BCUT2D eigenvalue weighted by Gasteiger charge is 2.21. The van der Waals surface area contributed by atoms with Crippen LogP contribution in [0.1, 0.15) is 26.7 Å². The zero-order valence-corrected chi connectivity index (χ0v) is 12.8. The van der Waals surface area contributed by atoms with E-state index < -0.39 is 0 Å². The molecule has 0 radical (unpaired) electrons. The molecule has 2 aromatic rings. The topological polar surface area (TPSA) is 9.23 Å². The summed E-state index contributed by atoms with van der Waals surface area (Å²) >= 11 is 0. The molecule has 0 N–H and O–H groups in total.